The highest BCUT2D eigenvalue weighted by Gasteiger charge is 2.10. The van der Waals surface area contributed by atoms with Crippen molar-refractivity contribution >= 4 is 21.8 Å². The predicted octanol–water partition coefficient (Wildman–Crippen LogP) is 5.04. The number of ether oxygens (including phenoxy) is 1. The molecule has 0 radical (unpaired) electrons. The second-order valence-corrected chi connectivity index (χ2v) is 8.08. The Labute approximate surface area is 158 Å². The van der Waals surface area contributed by atoms with Crippen molar-refractivity contribution in [3.8, 4) is 5.75 Å². The molecule has 3 aromatic carbocycles. The fourth-order valence-corrected chi connectivity index (χ4v) is 3.73. The molecular formula is C22H25NO2S. The maximum Gasteiger partial charge on any atom is 0.125 e. The second-order valence-electron chi connectivity index (χ2n) is 6.83. The number of hydrogen-bond donors (Lipinski definition) is 1. The minimum atomic E-state index is -1.27. The average molecular weight is 368 g/mol. The van der Waals surface area contributed by atoms with Crippen molar-refractivity contribution in [2.75, 3.05) is 6.61 Å². The first kappa shape index (κ1) is 18.6. The fourth-order valence-electron chi connectivity index (χ4n) is 2.74. The van der Waals surface area contributed by atoms with Crippen LogP contribution in [-0.2, 0) is 11.0 Å². The second kappa shape index (κ2) is 8.47. The molecule has 0 saturated heterocycles. The zero-order valence-corrected chi connectivity index (χ0v) is 16.3. The van der Waals surface area contributed by atoms with E-state index in [1.54, 1.807) is 0 Å². The van der Waals surface area contributed by atoms with Crippen molar-refractivity contribution in [2.24, 2.45) is 0 Å². The van der Waals surface area contributed by atoms with Crippen molar-refractivity contribution in [1.29, 1.82) is 0 Å². The standard InChI is InChI=1S/C22H25NO2S/c1-16(2)18-8-11-21(12-9-18)25-15-17(3)23-26(24)22-13-10-19-6-4-5-7-20(19)14-22/h4-14,16-17,23H,15H2,1-3H3/t17-,26+/m1/s1. The molecule has 0 aromatic heterocycles. The molecule has 26 heavy (non-hydrogen) atoms. The van der Waals surface area contributed by atoms with Gasteiger partial charge in [0.25, 0.3) is 0 Å². The molecule has 0 amide bonds. The summed E-state index contributed by atoms with van der Waals surface area (Å²) in [6.07, 6.45) is 0. The summed E-state index contributed by atoms with van der Waals surface area (Å²) in [5.41, 5.74) is 1.29. The van der Waals surface area contributed by atoms with Crippen molar-refractivity contribution in [3.63, 3.8) is 0 Å². The molecule has 0 bridgehead atoms. The SMILES string of the molecule is CC(C)c1ccc(OC[C@@H](C)N[S@@](=O)c2ccc3ccccc3c2)cc1. The quantitative estimate of drug-likeness (QED) is 0.635. The van der Waals surface area contributed by atoms with Gasteiger partial charge in [-0.3, -0.25) is 0 Å². The minimum Gasteiger partial charge on any atom is -0.492 e. The molecule has 1 N–H and O–H groups in total. The molecule has 0 unspecified atom stereocenters. The lowest BCUT2D eigenvalue weighted by Crippen LogP contribution is -2.33. The topological polar surface area (TPSA) is 38.3 Å². The minimum absolute atomic E-state index is 0.0351. The lowest BCUT2D eigenvalue weighted by molar-refractivity contribution is 0.289. The van der Waals surface area contributed by atoms with E-state index < -0.39 is 11.0 Å². The van der Waals surface area contributed by atoms with Crippen LogP contribution in [0.15, 0.2) is 71.6 Å². The maximum atomic E-state index is 12.6. The van der Waals surface area contributed by atoms with Gasteiger partial charge in [-0.2, -0.15) is 0 Å². The Morgan fingerprint density at radius 1 is 0.923 bits per heavy atom. The van der Waals surface area contributed by atoms with Gasteiger partial charge in [-0.05, 0) is 53.4 Å². The van der Waals surface area contributed by atoms with Gasteiger partial charge in [-0.25, -0.2) is 8.93 Å². The molecule has 2 atom stereocenters. The lowest BCUT2D eigenvalue weighted by atomic mass is 10.0. The van der Waals surface area contributed by atoms with Crippen molar-refractivity contribution < 1.29 is 8.95 Å². The van der Waals surface area contributed by atoms with Crippen LogP contribution in [0.1, 0.15) is 32.3 Å². The molecular weight excluding hydrogens is 342 g/mol. The van der Waals surface area contributed by atoms with E-state index in [0.29, 0.717) is 12.5 Å². The molecule has 0 aliphatic carbocycles. The third kappa shape index (κ3) is 4.71. The molecule has 0 saturated carbocycles. The van der Waals surface area contributed by atoms with E-state index in [-0.39, 0.29) is 6.04 Å². The fraction of sp³-hybridized carbons (Fsp3) is 0.273. The Kier molecular flexibility index (Phi) is 6.07. The summed E-state index contributed by atoms with van der Waals surface area (Å²) in [6, 6.07) is 22.1. The van der Waals surface area contributed by atoms with E-state index in [1.165, 1.54) is 5.56 Å². The van der Waals surface area contributed by atoms with Crippen LogP contribution in [-0.4, -0.2) is 16.9 Å². The Morgan fingerprint density at radius 3 is 2.31 bits per heavy atom. The van der Waals surface area contributed by atoms with Gasteiger partial charge in [0, 0.05) is 0 Å². The normalized spacial score (nSPS) is 13.7. The molecule has 0 aliphatic rings. The van der Waals surface area contributed by atoms with E-state index >= 15 is 0 Å². The van der Waals surface area contributed by atoms with E-state index in [2.05, 4.69) is 36.8 Å². The Bertz CT molecular complexity index is 890. The van der Waals surface area contributed by atoms with Gasteiger partial charge in [0.05, 0.1) is 10.9 Å². The van der Waals surface area contributed by atoms with Crippen LogP contribution in [0.25, 0.3) is 10.8 Å². The number of benzene rings is 3. The van der Waals surface area contributed by atoms with Gasteiger partial charge >= 0.3 is 0 Å². The molecule has 4 heteroatoms. The van der Waals surface area contributed by atoms with Gasteiger partial charge in [-0.15, -0.1) is 0 Å². The monoisotopic (exact) mass is 367 g/mol. The van der Waals surface area contributed by atoms with Crippen LogP contribution >= 0.6 is 0 Å². The van der Waals surface area contributed by atoms with Crippen LogP contribution in [0, 0.1) is 0 Å². The van der Waals surface area contributed by atoms with E-state index in [1.807, 2.05) is 55.5 Å². The molecule has 3 nitrogen and oxygen atoms in total. The Morgan fingerprint density at radius 2 is 1.62 bits per heavy atom. The first-order valence-corrected chi connectivity index (χ1v) is 10.1. The molecule has 136 valence electrons. The van der Waals surface area contributed by atoms with Crippen molar-refractivity contribution in [3.05, 3.63) is 72.3 Å². The first-order chi connectivity index (χ1) is 12.5. The van der Waals surface area contributed by atoms with Crippen LogP contribution in [0.5, 0.6) is 5.75 Å². The summed E-state index contributed by atoms with van der Waals surface area (Å²) in [6.45, 7) is 6.77. The molecule has 0 aliphatic heterocycles. The largest absolute Gasteiger partial charge is 0.492 e. The zero-order chi connectivity index (χ0) is 18.5. The van der Waals surface area contributed by atoms with Gasteiger partial charge in [0.1, 0.15) is 23.3 Å². The Balaban J connectivity index is 1.56. The number of hydrogen-bond acceptors (Lipinski definition) is 2. The predicted molar refractivity (Wildman–Crippen MR) is 109 cm³/mol. The third-order valence-corrected chi connectivity index (χ3v) is 5.59. The summed E-state index contributed by atoms with van der Waals surface area (Å²) in [5.74, 6) is 1.34. The number of nitrogens with one attached hydrogen (secondary N) is 1. The highest BCUT2D eigenvalue weighted by molar-refractivity contribution is 7.83. The maximum absolute atomic E-state index is 12.6. The van der Waals surface area contributed by atoms with Crippen LogP contribution in [0.4, 0.5) is 0 Å². The van der Waals surface area contributed by atoms with Gasteiger partial charge < -0.3 is 4.74 Å². The number of rotatable bonds is 7. The van der Waals surface area contributed by atoms with E-state index in [4.69, 9.17) is 4.74 Å². The third-order valence-electron chi connectivity index (χ3n) is 4.29. The highest BCUT2D eigenvalue weighted by Crippen LogP contribution is 2.19. The highest BCUT2D eigenvalue weighted by atomic mass is 32.2. The molecule has 0 heterocycles. The van der Waals surface area contributed by atoms with Crippen LogP contribution in [0.2, 0.25) is 0 Å². The van der Waals surface area contributed by atoms with E-state index in [0.717, 1.165) is 21.4 Å². The molecule has 3 aromatic rings. The first-order valence-electron chi connectivity index (χ1n) is 8.92. The van der Waals surface area contributed by atoms with Gasteiger partial charge in [0.15, 0.2) is 0 Å². The Hall–Kier alpha value is -2.17. The average Bonchev–Trinajstić information content (AvgIpc) is 2.66. The van der Waals surface area contributed by atoms with Crippen LogP contribution in [0.3, 0.4) is 0 Å². The summed E-state index contributed by atoms with van der Waals surface area (Å²) in [4.78, 5) is 0.775. The molecule has 0 spiro atoms. The van der Waals surface area contributed by atoms with Gasteiger partial charge in [0.2, 0.25) is 0 Å². The summed E-state index contributed by atoms with van der Waals surface area (Å²) in [7, 11) is -1.27. The van der Waals surface area contributed by atoms with E-state index in [9.17, 15) is 4.21 Å². The smallest absolute Gasteiger partial charge is 0.125 e. The number of fused-ring (bicyclic) bond motifs is 1. The lowest BCUT2D eigenvalue weighted by Gasteiger charge is -2.15. The molecule has 3 rings (SSSR count). The molecule has 0 fully saturated rings. The van der Waals surface area contributed by atoms with Gasteiger partial charge in [-0.1, -0.05) is 56.3 Å². The van der Waals surface area contributed by atoms with Crippen molar-refractivity contribution in [2.45, 2.75) is 37.6 Å². The van der Waals surface area contributed by atoms with Crippen LogP contribution < -0.4 is 9.46 Å². The summed E-state index contributed by atoms with van der Waals surface area (Å²) < 4.78 is 21.5. The van der Waals surface area contributed by atoms with Crippen molar-refractivity contribution in [1.82, 2.24) is 4.72 Å². The summed E-state index contributed by atoms with van der Waals surface area (Å²) in [5, 5.41) is 2.24. The zero-order valence-electron chi connectivity index (χ0n) is 15.4. The summed E-state index contributed by atoms with van der Waals surface area (Å²) >= 11 is 0.